The average Bonchev–Trinajstić information content (AvgIpc) is 2.92. The second kappa shape index (κ2) is 14.2. The molecule has 2 atom stereocenters. The number of unbranched alkanes of at least 4 members (excludes halogenated alkanes) is 2. The molecule has 234 valence electrons. The molecule has 0 spiro atoms. The summed E-state index contributed by atoms with van der Waals surface area (Å²) in [6, 6.07) is 8.02. The highest BCUT2D eigenvalue weighted by Gasteiger charge is 2.38. The van der Waals surface area contributed by atoms with E-state index < -0.39 is 22.4 Å². The van der Waals surface area contributed by atoms with Crippen LogP contribution in [0.25, 0.3) is 9.81 Å². The molecule has 3 rings (SSSR count). The third-order valence-corrected chi connectivity index (χ3v) is 11.4. The second-order valence-electron chi connectivity index (χ2n) is 15.0. The lowest BCUT2D eigenvalue weighted by atomic mass is 9.87. The van der Waals surface area contributed by atoms with Crippen molar-refractivity contribution in [2.45, 2.75) is 107 Å². The normalized spacial score (nSPS) is 22.3. The smallest absolute Gasteiger partial charge is 0.162 e. The third-order valence-electron chi connectivity index (χ3n) is 8.32. The molecule has 0 radical (unpaired) electrons. The van der Waals surface area contributed by atoms with E-state index in [2.05, 4.69) is 79.7 Å². The van der Waals surface area contributed by atoms with Gasteiger partial charge < -0.3 is 19.3 Å². The molecular weight excluding hydrogens is 561 g/mol. The predicted molar refractivity (Wildman–Crippen MR) is 181 cm³/mol. The molecule has 6 heteroatoms. The van der Waals surface area contributed by atoms with Crippen LogP contribution in [-0.2, 0) is 22.4 Å². The van der Waals surface area contributed by atoms with Crippen molar-refractivity contribution < 1.29 is 19.3 Å². The van der Waals surface area contributed by atoms with E-state index in [1.54, 1.807) is 0 Å². The van der Waals surface area contributed by atoms with E-state index in [0.29, 0.717) is 0 Å². The summed E-state index contributed by atoms with van der Waals surface area (Å²) in [5.41, 5.74) is 1.12. The molecule has 2 unspecified atom stereocenters. The van der Waals surface area contributed by atoms with Gasteiger partial charge in [-0.25, -0.2) is 0 Å². The van der Waals surface area contributed by atoms with Crippen LogP contribution >= 0.6 is 0 Å². The molecule has 0 fully saturated rings. The molecule has 2 aliphatic rings. The van der Waals surface area contributed by atoms with Gasteiger partial charge in [-0.05, 0) is 73.0 Å². The van der Waals surface area contributed by atoms with Crippen molar-refractivity contribution in [2.75, 3.05) is 13.2 Å². The van der Waals surface area contributed by atoms with Crippen molar-refractivity contribution in [1.29, 1.82) is 0 Å². The van der Waals surface area contributed by atoms with Gasteiger partial charge in [0.1, 0.15) is 9.81 Å². The third kappa shape index (κ3) is 9.61. The van der Waals surface area contributed by atoms with Gasteiger partial charge in [0.15, 0.2) is 9.81 Å². The summed E-state index contributed by atoms with van der Waals surface area (Å²) >= 11 is -2.60. The standard InChI is InChI=1S/C36H54O4S2/c1-33(2,25-37)19-13-11-15-27-21-35(5,6)23-31(41(27)39)29-17-9-10-18-30(29)32-24-36(7,8)22-28(42(32)40)16-12-14-20-34(3,4)26-38/h9-10,17-18,21-24,37-38H,11-16,19-20,25-26H2,1-8H3. The first-order chi connectivity index (χ1) is 19.5. The van der Waals surface area contributed by atoms with Crippen molar-refractivity contribution in [3.8, 4) is 0 Å². The number of rotatable bonds is 14. The van der Waals surface area contributed by atoms with Crippen molar-refractivity contribution in [2.24, 2.45) is 21.7 Å². The summed E-state index contributed by atoms with van der Waals surface area (Å²) in [7, 11) is 0. The molecular formula is C36H54O4S2. The van der Waals surface area contributed by atoms with E-state index >= 15 is 0 Å². The van der Waals surface area contributed by atoms with Crippen LogP contribution in [0, 0.1) is 21.7 Å². The highest BCUT2D eigenvalue weighted by molar-refractivity contribution is 8.04. The molecule has 0 aromatic heterocycles. The Kier molecular flexibility index (Phi) is 11.9. The average molecular weight is 615 g/mol. The van der Waals surface area contributed by atoms with Crippen LogP contribution in [0.2, 0.25) is 0 Å². The zero-order chi connectivity index (χ0) is 31.3. The summed E-state index contributed by atoms with van der Waals surface area (Å²) in [6.07, 6.45) is 15.8. The Hall–Kier alpha value is -1.28. The Morgan fingerprint density at radius 2 is 0.976 bits per heavy atom. The van der Waals surface area contributed by atoms with Crippen LogP contribution in [-0.4, -0.2) is 32.5 Å². The number of aliphatic hydroxyl groups excluding tert-OH is 2. The number of aliphatic hydroxyl groups is 2. The van der Waals surface area contributed by atoms with Crippen LogP contribution in [0.15, 0.2) is 58.4 Å². The minimum absolute atomic E-state index is 0.0934. The SMILES string of the molecule is CC1(C)C=C(CCCCC(C)(C)CO)[S+]([O-])C(c2ccccc2C2=CC(C)(C)C=C(CCCCC(C)(C)CO)[S+]2[O-])=C1. The summed E-state index contributed by atoms with van der Waals surface area (Å²) in [4.78, 5) is 3.53. The lowest BCUT2D eigenvalue weighted by Crippen LogP contribution is -2.22. The quantitative estimate of drug-likeness (QED) is 0.162. The molecule has 0 amide bonds. The first-order valence-corrected chi connectivity index (χ1v) is 17.8. The number of allylic oxidation sites excluding steroid dienone is 6. The monoisotopic (exact) mass is 614 g/mol. The molecule has 1 aromatic carbocycles. The van der Waals surface area contributed by atoms with Crippen LogP contribution in [0.3, 0.4) is 0 Å². The largest absolute Gasteiger partial charge is 0.607 e. The maximum absolute atomic E-state index is 14.1. The van der Waals surface area contributed by atoms with Crippen LogP contribution in [0.5, 0.6) is 0 Å². The molecule has 1 aromatic rings. The Bertz CT molecular complexity index is 1110. The zero-order valence-corrected chi connectivity index (χ0v) is 28.9. The first kappa shape index (κ1) is 35.2. The molecule has 2 aliphatic heterocycles. The van der Waals surface area contributed by atoms with Gasteiger partial charge in [0, 0.05) is 70.4 Å². The van der Waals surface area contributed by atoms with E-state index in [9.17, 15) is 19.3 Å². The van der Waals surface area contributed by atoms with E-state index in [1.807, 2.05) is 24.3 Å². The summed E-state index contributed by atoms with van der Waals surface area (Å²) in [5, 5.41) is 19.2. The van der Waals surface area contributed by atoms with Crippen LogP contribution < -0.4 is 0 Å². The fourth-order valence-electron chi connectivity index (χ4n) is 5.65. The topological polar surface area (TPSA) is 86.6 Å². The molecule has 0 bridgehead atoms. The van der Waals surface area contributed by atoms with Crippen molar-refractivity contribution in [3.63, 3.8) is 0 Å². The molecule has 2 heterocycles. The van der Waals surface area contributed by atoms with Gasteiger partial charge in [-0.15, -0.1) is 0 Å². The summed E-state index contributed by atoms with van der Waals surface area (Å²) < 4.78 is 28.1. The lowest BCUT2D eigenvalue weighted by Gasteiger charge is -2.31. The Morgan fingerprint density at radius 1 is 0.619 bits per heavy atom. The van der Waals surface area contributed by atoms with Gasteiger partial charge >= 0.3 is 0 Å². The Balaban J connectivity index is 1.84. The Morgan fingerprint density at radius 3 is 1.31 bits per heavy atom. The van der Waals surface area contributed by atoms with Gasteiger partial charge in [0.2, 0.25) is 0 Å². The predicted octanol–water partition coefficient (Wildman–Crippen LogP) is 8.87. The van der Waals surface area contributed by atoms with E-state index in [4.69, 9.17) is 0 Å². The maximum atomic E-state index is 14.1. The van der Waals surface area contributed by atoms with Gasteiger partial charge in [-0.1, -0.05) is 80.4 Å². The molecule has 0 saturated carbocycles. The lowest BCUT2D eigenvalue weighted by molar-refractivity contribution is 0.147. The number of hydrogen-bond donors (Lipinski definition) is 2. The number of hydrogen-bond acceptors (Lipinski definition) is 4. The van der Waals surface area contributed by atoms with Gasteiger partial charge in [-0.2, -0.15) is 0 Å². The number of benzene rings is 1. The second-order valence-corrected chi connectivity index (χ2v) is 18.0. The van der Waals surface area contributed by atoms with Crippen molar-refractivity contribution in [1.82, 2.24) is 0 Å². The Labute approximate surface area is 261 Å². The van der Waals surface area contributed by atoms with E-state index in [0.717, 1.165) is 82.1 Å². The van der Waals surface area contributed by atoms with Crippen molar-refractivity contribution >= 4 is 32.2 Å². The molecule has 0 saturated heterocycles. The highest BCUT2D eigenvalue weighted by atomic mass is 32.2. The molecule has 2 N–H and O–H groups in total. The first-order valence-electron chi connectivity index (χ1n) is 15.5. The van der Waals surface area contributed by atoms with Crippen LogP contribution in [0.4, 0.5) is 0 Å². The van der Waals surface area contributed by atoms with Gasteiger partial charge in [0.25, 0.3) is 0 Å². The molecule has 42 heavy (non-hydrogen) atoms. The molecule has 0 aliphatic carbocycles. The highest BCUT2D eigenvalue weighted by Crippen LogP contribution is 2.46. The summed E-state index contributed by atoms with van der Waals surface area (Å²) in [5.74, 6) is 0. The summed E-state index contributed by atoms with van der Waals surface area (Å²) in [6.45, 7) is 17.3. The van der Waals surface area contributed by atoms with E-state index in [-0.39, 0.29) is 34.9 Å². The zero-order valence-electron chi connectivity index (χ0n) is 27.2. The minimum atomic E-state index is -1.30. The maximum Gasteiger partial charge on any atom is 0.162 e. The van der Waals surface area contributed by atoms with Crippen molar-refractivity contribution in [3.05, 3.63) is 69.5 Å². The molecule has 4 nitrogen and oxygen atoms in total. The van der Waals surface area contributed by atoms with Crippen LogP contribution in [0.1, 0.15) is 118 Å². The van der Waals surface area contributed by atoms with Gasteiger partial charge in [-0.3, -0.25) is 0 Å². The van der Waals surface area contributed by atoms with Gasteiger partial charge in [0.05, 0.1) is 0 Å². The van der Waals surface area contributed by atoms with E-state index in [1.165, 1.54) is 0 Å². The fraction of sp³-hybridized carbons (Fsp3) is 0.611. The fourth-order valence-corrected chi connectivity index (χ4v) is 9.27. The minimum Gasteiger partial charge on any atom is -0.607 e.